The molecule has 232 valence electrons. The monoisotopic (exact) mass is 590 g/mol. The molecule has 3 aliphatic carbocycles. The van der Waals surface area contributed by atoms with Gasteiger partial charge in [0.25, 0.3) is 0 Å². The maximum atomic E-state index is 15.0. The number of fused-ring (bicyclic) bond motifs is 7. The maximum absolute atomic E-state index is 15.0. The molecule has 5 aliphatic heterocycles. The zero-order chi connectivity index (χ0) is 30.5. The van der Waals surface area contributed by atoms with E-state index in [-0.39, 0.29) is 44.5 Å². The summed E-state index contributed by atoms with van der Waals surface area (Å²) in [6.07, 6.45) is 0.692. The molecule has 0 amide bonds. The Morgan fingerprint density at radius 2 is 1.79 bits per heavy atom. The molecule has 6 fully saturated rings. The summed E-state index contributed by atoms with van der Waals surface area (Å²) in [5, 5.41) is 37.2. The molecule has 3 N–H and O–H groups in total. The van der Waals surface area contributed by atoms with Gasteiger partial charge in [0.15, 0.2) is 23.3 Å². The van der Waals surface area contributed by atoms with Gasteiger partial charge in [-0.2, -0.15) is 0 Å². The lowest BCUT2D eigenvalue weighted by molar-refractivity contribution is -0.441. The van der Waals surface area contributed by atoms with E-state index in [1.807, 2.05) is 6.92 Å². The quantitative estimate of drug-likeness (QED) is 0.249. The zero-order valence-electron chi connectivity index (χ0n) is 25.0. The molecule has 42 heavy (non-hydrogen) atoms. The molecule has 0 aromatic heterocycles. The van der Waals surface area contributed by atoms with Crippen LogP contribution in [0.4, 0.5) is 0 Å². The zero-order valence-corrected chi connectivity index (χ0v) is 25.0. The summed E-state index contributed by atoms with van der Waals surface area (Å²) < 4.78 is 19.2. The lowest BCUT2D eigenvalue weighted by atomic mass is 9.45. The van der Waals surface area contributed by atoms with Gasteiger partial charge >= 0.3 is 5.97 Å². The number of ether oxygens (including phenoxy) is 3. The van der Waals surface area contributed by atoms with Crippen molar-refractivity contribution in [1.82, 2.24) is 0 Å². The van der Waals surface area contributed by atoms with E-state index in [1.54, 1.807) is 46.8 Å². The van der Waals surface area contributed by atoms with Crippen LogP contribution in [0.5, 0.6) is 0 Å². The average molecular weight is 591 g/mol. The van der Waals surface area contributed by atoms with Gasteiger partial charge in [0, 0.05) is 12.5 Å². The van der Waals surface area contributed by atoms with Crippen molar-refractivity contribution in [2.45, 2.75) is 120 Å². The fraction of sp³-hybridized carbons (Fsp3) is 0.839. The summed E-state index contributed by atoms with van der Waals surface area (Å²) in [4.78, 5) is 53.3. The molecule has 11 heteroatoms. The van der Waals surface area contributed by atoms with Crippen molar-refractivity contribution in [1.29, 1.82) is 0 Å². The van der Waals surface area contributed by atoms with Gasteiger partial charge < -0.3 is 29.5 Å². The minimum atomic E-state index is -2.51. The molecule has 11 nitrogen and oxygen atoms in total. The van der Waals surface area contributed by atoms with Crippen LogP contribution in [0.2, 0.25) is 0 Å². The van der Waals surface area contributed by atoms with E-state index in [2.05, 4.69) is 0 Å². The van der Waals surface area contributed by atoms with Gasteiger partial charge in [-0.3, -0.25) is 14.4 Å². The molecule has 0 aromatic carbocycles. The first-order valence-corrected chi connectivity index (χ1v) is 15.4. The number of carbonyl (C=O) groups is 3. The second-order valence-corrected chi connectivity index (χ2v) is 14.4. The number of aliphatic hydroxyl groups excluding tert-OH is 1. The molecule has 14 atom stereocenters. The number of hydrogen-bond donors (Lipinski definition) is 3. The minimum absolute atomic E-state index is 0.0998. The molecular weight excluding hydrogens is 548 g/mol. The highest BCUT2D eigenvalue weighted by atomic mass is 17.2. The van der Waals surface area contributed by atoms with Crippen molar-refractivity contribution in [3.63, 3.8) is 0 Å². The Morgan fingerprint density at radius 3 is 2.40 bits per heavy atom. The van der Waals surface area contributed by atoms with Crippen molar-refractivity contribution in [3.05, 3.63) is 12.2 Å². The highest BCUT2D eigenvalue weighted by molar-refractivity contribution is 5.96. The van der Waals surface area contributed by atoms with Gasteiger partial charge in [-0.25, -0.2) is 9.78 Å². The standard InChI is InChI=1S/C31H42O11/c1-7-28(36)11-9-16-17(13-19(32)29-12-10-18(40-42-29)22(33)26(16,29)5)30(37)23(34)21-25(4)14-20(39-24(35)15(25)3)27(6,38-8-2)31(21,28)41-30/h10,12,15-21,32,36-37H,7-9,11,13-14H2,1-6H3/t15-,16?,17?,18+,19+,20?,21?,25?,26-,27-,28-,29+,30?,31-/m0/s1. The molecule has 5 heterocycles. The second-order valence-electron chi connectivity index (χ2n) is 14.4. The maximum Gasteiger partial charge on any atom is 0.309 e. The first kappa shape index (κ1) is 29.0. The third kappa shape index (κ3) is 2.74. The van der Waals surface area contributed by atoms with Gasteiger partial charge in [-0.1, -0.05) is 20.8 Å². The van der Waals surface area contributed by atoms with E-state index in [0.717, 1.165) is 0 Å². The van der Waals surface area contributed by atoms with Crippen molar-refractivity contribution >= 4 is 17.5 Å². The Kier molecular flexibility index (Phi) is 5.73. The summed E-state index contributed by atoms with van der Waals surface area (Å²) >= 11 is 0. The van der Waals surface area contributed by atoms with Gasteiger partial charge in [0.2, 0.25) is 5.79 Å². The fourth-order valence-electron chi connectivity index (χ4n) is 10.7. The Bertz CT molecular complexity index is 1300. The van der Waals surface area contributed by atoms with Crippen molar-refractivity contribution in [3.8, 4) is 0 Å². The predicted octanol–water partition coefficient (Wildman–Crippen LogP) is 1.54. The van der Waals surface area contributed by atoms with Crippen LogP contribution in [0, 0.1) is 34.5 Å². The summed E-state index contributed by atoms with van der Waals surface area (Å²) in [7, 11) is 0. The van der Waals surface area contributed by atoms with Crippen molar-refractivity contribution in [2.75, 3.05) is 6.61 Å². The lowest BCUT2D eigenvalue weighted by Crippen LogP contribution is -2.82. The molecule has 8 rings (SSSR count). The first-order chi connectivity index (χ1) is 19.6. The Morgan fingerprint density at radius 1 is 1.07 bits per heavy atom. The largest absolute Gasteiger partial charge is 0.459 e. The Labute approximate surface area is 244 Å². The predicted molar refractivity (Wildman–Crippen MR) is 142 cm³/mol. The number of ketones is 2. The van der Waals surface area contributed by atoms with E-state index >= 15 is 4.79 Å². The summed E-state index contributed by atoms with van der Waals surface area (Å²) in [6.45, 7) is 10.7. The Hall–Kier alpha value is -1.73. The minimum Gasteiger partial charge on any atom is -0.459 e. The van der Waals surface area contributed by atoms with E-state index in [0.29, 0.717) is 0 Å². The van der Waals surface area contributed by atoms with Crippen LogP contribution in [-0.2, 0) is 38.4 Å². The number of carbonyl (C=O) groups excluding carboxylic acids is 3. The third-order valence-electron chi connectivity index (χ3n) is 13.3. The normalized spacial score (nSPS) is 59.4. The smallest absolute Gasteiger partial charge is 0.309 e. The van der Waals surface area contributed by atoms with E-state index in [9.17, 15) is 24.9 Å². The van der Waals surface area contributed by atoms with Crippen LogP contribution in [0.3, 0.4) is 0 Å². The van der Waals surface area contributed by atoms with Crippen molar-refractivity contribution < 1.29 is 53.7 Å². The molecular formula is C31H42O11. The van der Waals surface area contributed by atoms with E-state index < -0.39 is 92.8 Å². The topological polar surface area (TPSA) is 158 Å². The number of hydrogen-bond acceptors (Lipinski definition) is 11. The number of rotatable bonds is 3. The molecule has 0 radical (unpaired) electrons. The van der Waals surface area contributed by atoms with Crippen LogP contribution in [0.15, 0.2) is 12.2 Å². The van der Waals surface area contributed by atoms with Crippen LogP contribution in [0.25, 0.3) is 0 Å². The summed E-state index contributed by atoms with van der Waals surface area (Å²) in [6, 6.07) is 0. The van der Waals surface area contributed by atoms with Crippen LogP contribution in [-0.4, -0.2) is 86.0 Å². The van der Waals surface area contributed by atoms with Gasteiger partial charge in [0.1, 0.15) is 17.3 Å². The van der Waals surface area contributed by atoms with E-state index in [1.165, 1.54) is 0 Å². The number of esters is 1. The fourth-order valence-corrected chi connectivity index (χ4v) is 10.7. The van der Waals surface area contributed by atoms with Crippen molar-refractivity contribution in [2.24, 2.45) is 34.5 Å². The van der Waals surface area contributed by atoms with Crippen LogP contribution in [0.1, 0.15) is 73.6 Å². The number of aliphatic hydroxyl groups is 3. The highest BCUT2D eigenvalue weighted by Crippen LogP contribution is 2.72. The first-order valence-electron chi connectivity index (χ1n) is 15.4. The molecule has 0 aromatic rings. The molecule has 4 saturated heterocycles. The van der Waals surface area contributed by atoms with E-state index in [4.69, 9.17) is 24.0 Å². The summed E-state index contributed by atoms with van der Waals surface area (Å²) in [5.74, 6) is -7.59. The van der Waals surface area contributed by atoms with Gasteiger partial charge in [0.05, 0.1) is 29.0 Å². The summed E-state index contributed by atoms with van der Waals surface area (Å²) in [5.41, 5.74) is -9.00. The molecule has 6 unspecified atom stereocenters. The van der Waals surface area contributed by atoms with Gasteiger partial charge in [-0.05, 0) is 76.4 Å². The number of Topliss-reactive ketones (excluding diaryl/α,β-unsaturated/α-hetero) is 2. The Balaban J connectivity index is 1.49. The lowest BCUT2D eigenvalue weighted by Gasteiger charge is -2.67. The van der Waals surface area contributed by atoms with Crippen LogP contribution < -0.4 is 0 Å². The highest BCUT2D eigenvalue weighted by Gasteiger charge is 2.87. The second kappa shape index (κ2) is 8.29. The van der Waals surface area contributed by atoms with Crippen LogP contribution >= 0.6 is 0 Å². The average Bonchev–Trinajstić information content (AvgIpc) is 3.23. The van der Waals surface area contributed by atoms with Gasteiger partial charge in [-0.15, -0.1) is 0 Å². The SMILES string of the molecule is CCO[C@@]1(C)C2CC(C)(C3C(=O)C4(O)O[C@@]31[C@](O)(CC)CCC1C4C[C@@H](O)[C@@]34C=C[C@@H](OO3)C(=O)[C@]14C)[C@@H](C)C(=O)O2. The molecule has 2 spiro atoms. The molecule has 6 bridgehead atoms. The third-order valence-corrected chi connectivity index (χ3v) is 13.3. The molecule has 2 saturated carbocycles. The molecule has 8 aliphatic rings.